The van der Waals surface area contributed by atoms with Crippen molar-refractivity contribution in [2.24, 2.45) is 0 Å². The monoisotopic (exact) mass is 807 g/mol. The SMILES string of the molecule is c1ccc2c(c1)-c1ccccc1C21c2ccccc2-c2ccc(N(c3cc4ccc5cccc6c7cccc8ccc9cccc(c(c3)c4c56)c9c87)c3cccc4ccccc34)cc21. The molecule has 0 atom stereocenters. The average molecular weight is 808 g/mol. The van der Waals surface area contributed by atoms with Crippen LogP contribution in [-0.2, 0) is 5.41 Å². The van der Waals surface area contributed by atoms with Crippen LogP contribution in [0.25, 0.3) is 97.7 Å². The maximum Gasteiger partial charge on any atom is 0.0726 e. The van der Waals surface area contributed by atoms with Gasteiger partial charge in [-0.1, -0.05) is 194 Å². The molecule has 0 heterocycles. The minimum atomic E-state index is -0.456. The molecule has 0 aliphatic heterocycles. The van der Waals surface area contributed by atoms with Gasteiger partial charge in [0.2, 0.25) is 0 Å². The van der Waals surface area contributed by atoms with Gasteiger partial charge >= 0.3 is 0 Å². The summed E-state index contributed by atoms with van der Waals surface area (Å²) in [6.07, 6.45) is 0. The normalized spacial score (nSPS) is 13.4. The largest absolute Gasteiger partial charge is 0.310 e. The number of benzene rings is 12. The van der Waals surface area contributed by atoms with E-state index in [4.69, 9.17) is 0 Å². The lowest BCUT2D eigenvalue weighted by Crippen LogP contribution is -2.26. The summed E-state index contributed by atoms with van der Waals surface area (Å²) < 4.78 is 0. The molecule has 0 unspecified atom stereocenters. The van der Waals surface area contributed by atoms with Crippen LogP contribution >= 0.6 is 0 Å². The van der Waals surface area contributed by atoms with Gasteiger partial charge in [0.05, 0.1) is 11.1 Å². The van der Waals surface area contributed by atoms with Crippen LogP contribution in [0.4, 0.5) is 17.1 Å². The van der Waals surface area contributed by atoms with Gasteiger partial charge < -0.3 is 4.90 Å². The Kier molecular flexibility index (Phi) is 6.67. The highest BCUT2D eigenvalue weighted by molar-refractivity contribution is 6.37. The van der Waals surface area contributed by atoms with Crippen molar-refractivity contribution in [3.8, 4) is 22.3 Å². The molecule has 1 spiro atoms. The fourth-order valence-corrected chi connectivity index (χ4v) is 12.4. The molecule has 0 radical (unpaired) electrons. The smallest absolute Gasteiger partial charge is 0.0726 e. The van der Waals surface area contributed by atoms with Crippen LogP contribution in [0.5, 0.6) is 0 Å². The lowest BCUT2D eigenvalue weighted by atomic mass is 9.70. The Morgan fingerprint density at radius 2 is 0.688 bits per heavy atom. The third-order valence-electron chi connectivity index (χ3n) is 14.9. The fourth-order valence-electron chi connectivity index (χ4n) is 12.4. The van der Waals surface area contributed by atoms with Crippen LogP contribution in [0.3, 0.4) is 0 Å². The summed E-state index contributed by atoms with van der Waals surface area (Å²) in [5.41, 5.74) is 13.6. The predicted molar refractivity (Wildman–Crippen MR) is 271 cm³/mol. The van der Waals surface area contributed by atoms with E-state index in [9.17, 15) is 0 Å². The molecular weight excluding hydrogens is 771 g/mol. The molecule has 0 fully saturated rings. The lowest BCUT2D eigenvalue weighted by molar-refractivity contribution is 0.793. The van der Waals surface area contributed by atoms with Gasteiger partial charge in [-0.25, -0.2) is 0 Å². The summed E-state index contributed by atoms with van der Waals surface area (Å²) in [7, 11) is 0. The molecule has 13 aromatic rings. The number of nitrogens with zero attached hydrogens (tertiary/aromatic N) is 1. The summed E-state index contributed by atoms with van der Waals surface area (Å²) in [4.78, 5) is 2.55. The van der Waals surface area contributed by atoms with E-state index in [1.54, 1.807) is 0 Å². The number of hydrogen-bond acceptors (Lipinski definition) is 1. The van der Waals surface area contributed by atoms with E-state index < -0.39 is 5.41 Å². The second-order valence-corrected chi connectivity index (χ2v) is 17.9. The van der Waals surface area contributed by atoms with Crippen molar-refractivity contribution in [2.45, 2.75) is 5.41 Å². The molecule has 1 nitrogen and oxygen atoms in total. The van der Waals surface area contributed by atoms with Gasteiger partial charge in [0.15, 0.2) is 0 Å². The van der Waals surface area contributed by atoms with Crippen molar-refractivity contribution >= 4 is 92.5 Å². The lowest BCUT2D eigenvalue weighted by Gasteiger charge is -2.32. The molecule has 64 heavy (non-hydrogen) atoms. The van der Waals surface area contributed by atoms with E-state index in [0.29, 0.717) is 0 Å². The van der Waals surface area contributed by atoms with Crippen LogP contribution in [-0.4, -0.2) is 0 Å². The Bertz CT molecular complexity index is 4080. The fraction of sp³-hybridized carbons (Fsp3) is 0.0159. The van der Waals surface area contributed by atoms with Gasteiger partial charge in [-0.3, -0.25) is 0 Å². The molecular formula is C63H37N. The molecule has 0 saturated heterocycles. The van der Waals surface area contributed by atoms with E-state index in [-0.39, 0.29) is 0 Å². The molecule has 2 aliphatic carbocycles. The molecule has 0 bridgehead atoms. The van der Waals surface area contributed by atoms with Crippen molar-refractivity contribution in [1.82, 2.24) is 0 Å². The molecule has 2 aliphatic rings. The summed E-state index contributed by atoms with van der Waals surface area (Å²) in [5.74, 6) is 0. The molecule has 0 aromatic heterocycles. The first-order valence-corrected chi connectivity index (χ1v) is 22.4. The molecule has 294 valence electrons. The predicted octanol–water partition coefficient (Wildman–Crippen LogP) is 17.0. The first kappa shape index (κ1) is 34.3. The Labute approximate surface area is 370 Å². The number of anilines is 3. The molecule has 15 rings (SSSR count). The third-order valence-corrected chi connectivity index (χ3v) is 14.9. The summed E-state index contributed by atoms with van der Waals surface area (Å²) >= 11 is 0. The van der Waals surface area contributed by atoms with Gasteiger partial charge in [0.25, 0.3) is 0 Å². The minimum absolute atomic E-state index is 0.456. The highest BCUT2D eigenvalue weighted by Crippen LogP contribution is 2.63. The maximum absolute atomic E-state index is 2.55. The Hall–Kier alpha value is -8.26. The van der Waals surface area contributed by atoms with E-state index in [0.717, 1.165) is 17.1 Å². The number of fused-ring (bicyclic) bond motifs is 13. The standard InChI is InChI=1S/C63H37N/c1-2-18-45-38(13-1)14-12-28-58(45)64(43-33-34-49-48-21-5-8-27-56(48)63(57(49)37-43)54-25-6-3-19-46(54)47-20-4-7-26-55(47)63)44-35-42-32-31-41-16-10-23-51-50-22-9-15-39-29-30-40-17-11-24-52(61(40)59(39)50)53(36-44)62(42)60(41)51/h1-37H. The van der Waals surface area contributed by atoms with Gasteiger partial charge in [-0.05, 0) is 145 Å². The molecule has 0 saturated carbocycles. The Morgan fingerprint density at radius 1 is 0.250 bits per heavy atom. The zero-order valence-corrected chi connectivity index (χ0v) is 34.8. The summed E-state index contributed by atoms with van der Waals surface area (Å²) in [6, 6.07) is 85.0. The van der Waals surface area contributed by atoms with Gasteiger partial charge in [-0.15, -0.1) is 0 Å². The van der Waals surface area contributed by atoms with Crippen LogP contribution in [0, 0.1) is 0 Å². The first-order valence-electron chi connectivity index (χ1n) is 22.4. The Morgan fingerprint density at radius 3 is 1.30 bits per heavy atom. The number of rotatable bonds is 3. The van der Waals surface area contributed by atoms with Crippen LogP contribution < -0.4 is 4.90 Å². The molecule has 0 N–H and O–H groups in total. The van der Waals surface area contributed by atoms with Crippen molar-refractivity contribution in [3.63, 3.8) is 0 Å². The van der Waals surface area contributed by atoms with Crippen molar-refractivity contribution in [1.29, 1.82) is 0 Å². The summed E-state index contributed by atoms with van der Waals surface area (Å²) in [5, 5.41) is 17.8. The molecule has 1 heteroatoms. The van der Waals surface area contributed by atoms with Crippen LogP contribution in [0.1, 0.15) is 22.3 Å². The summed E-state index contributed by atoms with van der Waals surface area (Å²) in [6.45, 7) is 0. The second kappa shape index (κ2) is 12.4. The highest BCUT2D eigenvalue weighted by atomic mass is 15.1. The molecule has 13 aromatic carbocycles. The van der Waals surface area contributed by atoms with Crippen molar-refractivity contribution in [2.75, 3.05) is 4.90 Å². The van der Waals surface area contributed by atoms with E-state index in [1.165, 1.54) is 120 Å². The highest BCUT2D eigenvalue weighted by Gasteiger charge is 2.51. The number of hydrogen-bond donors (Lipinski definition) is 0. The quantitative estimate of drug-likeness (QED) is 0.161. The average Bonchev–Trinajstić information content (AvgIpc) is 3.82. The van der Waals surface area contributed by atoms with Gasteiger partial charge in [-0.2, -0.15) is 0 Å². The van der Waals surface area contributed by atoms with Gasteiger partial charge in [0.1, 0.15) is 0 Å². The van der Waals surface area contributed by atoms with E-state index in [1.807, 2.05) is 0 Å². The molecule has 0 amide bonds. The zero-order chi connectivity index (χ0) is 41.7. The second-order valence-electron chi connectivity index (χ2n) is 17.9. The minimum Gasteiger partial charge on any atom is -0.310 e. The topological polar surface area (TPSA) is 3.24 Å². The van der Waals surface area contributed by atoms with Crippen molar-refractivity contribution in [3.05, 3.63) is 247 Å². The van der Waals surface area contributed by atoms with E-state index >= 15 is 0 Å². The zero-order valence-electron chi connectivity index (χ0n) is 34.8. The van der Waals surface area contributed by atoms with Gasteiger partial charge in [0, 0.05) is 16.8 Å². The van der Waals surface area contributed by atoms with Crippen LogP contribution in [0.2, 0.25) is 0 Å². The maximum atomic E-state index is 2.55. The third kappa shape index (κ3) is 4.29. The van der Waals surface area contributed by atoms with Crippen molar-refractivity contribution < 1.29 is 0 Å². The first-order chi connectivity index (χ1) is 31.8. The van der Waals surface area contributed by atoms with E-state index in [2.05, 4.69) is 229 Å². The van der Waals surface area contributed by atoms with Crippen LogP contribution in [0.15, 0.2) is 224 Å². The Balaban J connectivity index is 1.09.